The smallest absolute Gasteiger partial charge is 0.378 e. The Kier molecular flexibility index (Phi) is 4.93. The first kappa shape index (κ1) is 17.9. The molecular formula is C18H18B2F2N4. The molecule has 4 nitrogen and oxygen atoms in total. The molecule has 0 unspecified atom stereocenters. The SMILES string of the molecule is F.F.[B]1N2C=CCC2=Cc2cccn21.[B]1N2C=CCC2=Cc2cccn21. The predicted molar refractivity (Wildman–Crippen MR) is 103 cm³/mol. The molecule has 2 aromatic rings. The topological polar surface area (TPSA) is 16.3 Å². The van der Waals surface area contributed by atoms with Gasteiger partial charge in [-0.1, -0.05) is 12.2 Å². The lowest BCUT2D eigenvalue weighted by Crippen LogP contribution is -2.28. The lowest BCUT2D eigenvalue weighted by Gasteiger charge is -2.23. The number of fused-ring (bicyclic) bond motifs is 4. The second-order valence-electron chi connectivity index (χ2n) is 6.18. The molecule has 0 amide bonds. The Morgan fingerprint density at radius 1 is 0.692 bits per heavy atom. The van der Waals surface area contributed by atoms with E-state index < -0.39 is 0 Å². The predicted octanol–water partition coefficient (Wildman–Crippen LogP) is 3.19. The van der Waals surface area contributed by atoms with E-state index in [0.717, 1.165) is 12.8 Å². The molecule has 0 saturated carbocycles. The van der Waals surface area contributed by atoms with E-state index in [0.29, 0.717) is 0 Å². The summed E-state index contributed by atoms with van der Waals surface area (Å²) in [5.74, 6) is 0. The van der Waals surface area contributed by atoms with Gasteiger partial charge in [0, 0.05) is 35.6 Å². The number of hydrogen-bond donors (Lipinski definition) is 0. The van der Waals surface area contributed by atoms with Crippen LogP contribution in [0.4, 0.5) is 9.41 Å². The van der Waals surface area contributed by atoms with Gasteiger partial charge in [0.1, 0.15) is 0 Å². The summed E-state index contributed by atoms with van der Waals surface area (Å²) in [6.45, 7) is 0. The fraction of sp³-hybridized carbons (Fsp3) is 0.111. The molecule has 0 aromatic carbocycles. The normalized spacial score (nSPS) is 16.9. The Morgan fingerprint density at radius 3 is 1.62 bits per heavy atom. The summed E-state index contributed by atoms with van der Waals surface area (Å²) < 4.78 is 4.25. The molecule has 0 atom stereocenters. The van der Waals surface area contributed by atoms with Crippen LogP contribution in [-0.2, 0) is 0 Å². The van der Waals surface area contributed by atoms with Crippen LogP contribution in [-0.4, -0.2) is 33.7 Å². The average Bonchev–Trinajstić information content (AvgIpc) is 3.35. The number of hydrogen-bond acceptors (Lipinski definition) is 2. The van der Waals surface area contributed by atoms with Crippen molar-refractivity contribution in [3.63, 3.8) is 0 Å². The third-order valence-electron chi connectivity index (χ3n) is 4.60. The first-order valence-corrected chi connectivity index (χ1v) is 8.22. The number of halogens is 2. The van der Waals surface area contributed by atoms with Gasteiger partial charge in [-0.2, -0.15) is 0 Å². The van der Waals surface area contributed by atoms with Gasteiger partial charge in [-0.25, -0.2) is 0 Å². The first-order valence-electron chi connectivity index (χ1n) is 8.22. The van der Waals surface area contributed by atoms with Gasteiger partial charge < -0.3 is 18.6 Å². The summed E-state index contributed by atoms with van der Waals surface area (Å²) in [7, 11) is 4.21. The minimum absolute atomic E-state index is 0. The summed E-state index contributed by atoms with van der Waals surface area (Å²) in [6, 6.07) is 8.38. The van der Waals surface area contributed by atoms with E-state index in [1.807, 2.05) is 0 Å². The van der Waals surface area contributed by atoms with E-state index in [1.54, 1.807) is 0 Å². The van der Waals surface area contributed by atoms with Gasteiger partial charge >= 0.3 is 15.1 Å². The zero-order chi connectivity index (χ0) is 15.9. The average molecular weight is 350 g/mol. The molecule has 6 rings (SSSR count). The minimum atomic E-state index is 0. The van der Waals surface area contributed by atoms with Crippen molar-refractivity contribution in [2.75, 3.05) is 0 Å². The van der Waals surface area contributed by atoms with E-state index in [-0.39, 0.29) is 9.41 Å². The highest BCUT2D eigenvalue weighted by molar-refractivity contribution is 6.33. The molecule has 2 radical (unpaired) electrons. The summed E-state index contributed by atoms with van der Waals surface area (Å²) in [6.07, 6.45) is 19.2. The third-order valence-corrected chi connectivity index (χ3v) is 4.60. The Balaban J connectivity index is 0.000000140. The molecule has 26 heavy (non-hydrogen) atoms. The quantitative estimate of drug-likeness (QED) is 0.679. The maximum absolute atomic E-state index is 2.22. The van der Waals surface area contributed by atoms with Gasteiger partial charge in [-0.05, 0) is 61.2 Å². The summed E-state index contributed by atoms with van der Waals surface area (Å²) in [5.41, 5.74) is 5.26. The molecule has 2 aromatic heterocycles. The van der Waals surface area contributed by atoms with Crippen LogP contribution >= 0.6 is 0 Å². The maximum atomic E-state index is 2.22. The van der Waals surface area contributed by atoms with Crippen molar-refractivity contribution < 1.29 is 9.41 Å². The molecule has 4 aliphatic rings. The number of nitrogens with zero attached hydrogens (tertiary/aromatic N) is 4. The van der Waals surface area contributed by atoms with Crippen LogP contribution in [0, 0.1) is 0 Å². The zero-order valence-corrected chi connectivity index (χ0v) is 14.1. The largest absolute Gasteiger partial charge is 0.400 e. The van der Waals surface area contributed by atoms with Crippen molar-refractivity contribution in [2.24, 2.45) is 0 Å². The van der Waals surface area contributed by atoms with Crippen molar-refractivity contribution in [1.29, 1.82) is 0 Å². The number of aromatic nitrogens is 2. The highest BCUT2D eigenvalue weighted by Gasteiger charge is 2.20. The van der Waals surface area contributed by atoms with Gasteiger partial charge in [0.25, 0.3) is 0 Å². The number of allylic oxidation sites excluding steroid dienone is 2. The zero-order valence-electron chi connectivity index (χ0n) is 14.1. The van der Waals surface area contributed by atoms with Crippen LogP contribution in [0.3, 0.4) is 0 Å². The van der Waals surface area contributed by atoms with Gasteiger partial charge in [-0.3, -0.25) is 9.41 Å². The molecule has 0 fully saturated rings. The van der Waals surface area contributed by atoms with Gasteiger partial charge in [0.05, 0.1) is 0 Å². The summed E-state index contributed by atoms with van der Waals surface area (Å²) in [5, 5.41) is 0. The maximum Gasteiger partial charge on any atom is 0.400 e. The monoisotopic (exact) mass is 350 g/mol. The standard InChI is InChI=1S/2C9H8BN2.2FH/c2*1-3-8-7-9-4-2-6-12(9)10-11(8)5-1;;/h2*1-3,5-7H,4H2;2*1H. The van der Waals surface area contributed by atoms with E-state index in [4.69, 9.17) is 0 Å². The van der Waals surface area contributed by atoms with E-state index in [2.05, 4.69) is 107 Å². The Morgan fingerprint density at radius 2 is 1.15 bits per heavy atom. The second kappa shape index (κ2) is 7.15. The molecule has 6 heterocycles. The molecule has 4 aliphatic heterocycles. The molecular weight excluding hydrogens is 332 g/mol. The second-order valence-corrected chi connectivity index (χ2v) is 6.18. The Hall–Kier alpha value is -2.89. The van der Waals surface area contributed by atoms with Crippen molar-refractivity contribution in [1.82, 2.24) is 18.6 Å². The lowest BCUT2D eigenvalue weighted by atomic mass is 10.0. The molecule has 0 bridgehead atoms. The van der Waals surface area contributed by atoms with Crippen LogP contribution < -0.4 is 0 Å². The van der Waals surface area contributed by atoms with Crippen LogP contribution in [0.5, 0.6) is 0 Å². The molecule has 8 heteroatoms. The van der Waals surface area contributed by atoms with E-state index in [1.165, 1.54) is 22.8 Å². The molecule has 0 saturated heterocycles. The molecule has 0 spiro atoms. The van der Waals surface area contributed by atoms with Crippen LogP contribution in [0.2, 0.25) is 0 Å². The van der Waals surface area contributed by atoms with Gasteiger partial charge in [0.15, 0.2) is 0 Å². The fourth-order valence-electron chi connectivity index (χ4n) is 3.35. The minimum Gasteiger partial charge on any atom is -0.378 e. The van der Waals surface area contributed by atoms with Crippen molar-refractivity contribution in [2.45, 2.75) is 12.8 Å². The van der Waals surface area contributed by atoms with Gasteiger partial charge in [0.2, 0.25) is 0 Å². The summed E-state index contributed by atoms with van der Waals surface area (Å²) in [4.78, 5) is 4.32. The van der Waals surface area contributed by atoms with E-state index >= 15 is 0 Å². The van der Waals surface area contributed by atoms with Crippen LogP contribution in [0.1, 0.15) is 24.2 Å². The van der Waals surface area contributed by atoms with Crippen molar-refractivity contribution in [3.8, 4) is 0 Å². The third kappa shape index (κ3) is 3.03. The Bertz CT molecular complexity index is 836. The Labute approximate surface area is 152 Å². The van der Waals surface area contributed by atoms with Crippen LogP contribution in [0.25, 0.3) is 12.2 Å². The highest BCUT2D eigenvalue weighted by Crippen LogP contribution is 2.25. The fourth-order valence-corrected chi connectivity index (χ4v) is 3.35. The van der Waals surface area contributed by atoms with Gasteiger partial charge in [-0.15, -0.1) is 0 Å². The first-order chi connectivity index (χ1) is 11.9. The van der Waals surface area contributed by atoms with Crippen molar-refractivity contribution >= 4 is 27.3 Å². The van der Waals surface area contributed by atoms with Crippen molar-refractivity contribution in [3.05, 3.63) is 84.0 Å². The highest BCUT2D eigenvalue weighted by atomic mass is 19.0. The molecule has 0 N–H and O–H groups in total. The van der Waals surface area contributed by atoms with E-state index in [9.17, 15) is 0 Å². The molecule has 130 valence electrons. The summed E-state index contributed by atoms with van der Waals surface area (Å²) >= 11 is 0. The lowest BCUT2D eigenvalue weighted by molar-refractivity contribution is 0.724. The van der Waals surface area contributed by atoms with Crippen LogP contribution in [0.15, 0.2) is 72.6 Å². The number of rotatable bonds is 0. The molecule has 0 aliphatic carbocycles.